The molecule has 0 atom stereocenters. The molecule has 7 heteroatoms. The maximum atomic E-state index is 11.6. The molecule has 1 aromatic rings. The van der Waals surface area contributed by atoms with Gasteiger partial charge in [0.05, 0.1) is 15.6 Å². The van der Waals surface area contributed by atoms with E-state index in [0.717, 1.165) is 6.08 Å². The van der Waals surface area contributed by atoms with Crippen LogP contribution in [0.1, 0.15) is 17.3 Å². The minimum atomic E-state index is -0.587. The molecule has 0 aliphatic rings. The van der Waals surface area contributed by atoms with Crippen molar-refractivity contribution in [3.63, 3.8) is 0 Å². The predicted molar refractivity (Wildman–Crippen MR) is 75.6 cm³/mol. The summed E-state index contributed by atoms with van der Waals surface area (Å²) in [5, 5.41) is 0.609. The molecule has 0 fully saturated rings. The molecule has 1 rings (SSSR count). The molecule has 5 nitrogen and oxygen atoms in total. The summed E-state index contributed by atoms with van der Waals surface area (Å²) in [4.78, 5) is 22.7. The smallest absolute Gasteiger partial charge is 0.338 e. The summed E-state index contributed by atoms with van der Waals surface area (Å²) in [6.07, 6.45) is 1.14. The molecule has 1 aromatic carbocycles. The van der Waals surface area contributed by atoms with Crippen molar-refractivity contribution in [3.8, 4) is 0 Å². The monoisotopic (exact) mass is 317 g/mol. The van der Waals surface area contributed by atoms with Crippen molar-refractivity contribution in [1.82, 2.24) is 0 Å². The highest BCUT2D eigenvalue weighted by Gasteiger charge is 2.09. The summed E-state index contributed by atoms with van der Waals surface area (Å²) >= 11 is 11.5. The molecule has 0 aliphatic carbocycles. The van der Waals surface area contributed by atoms with Gasteiger partial charge in [-0.25, -0.2) is 9.59 Å². The highest BCUT2D eigenvalue weighted by molar-refractivity contribution is 6.42. The van der Waals surface area contributed by atoms with Gasteiger partial charge in [-0.3, -0.25) is 0 Å². The minimum absolute atomic E-state index is 0.0598. The molecule has 2 N–H and O–H groups in total. The molecule has 0 unspecified atom stereocenters. The van der Waals surface area contributed by atoms with Gasteiger partial charge in [-0.05, 0) is 25.1 Å². The second kappa shape index (κ2) is 7.77. The van der Waals surface area contributed by atoms with Crippen molar-refractivity contribution >= 4 is 35.1 Å². The molecule has 0 radical (unpaired) electrons. The lowest BCUT2D eigenvalue weighted by molar-refractivity contribution is -0.138. The molecule has 0 amide bonds. The van der Waals surface area contributed by atoms with Crippen molar-refractivity contribution in [2.75, 3.05) is 13.2 Å². The first kappa shape index (κ1) is 16.3. The van der Waals surface area contributed by atoms with E-state index in [2.05, 4.69) is 0 Å². The first-order valence-corrected chi connectivity index (χ1v) is 6.38. The fourth-order valence-corrected chi connectivity index (χ4v) is 1.51. The number of benzene rings is 1. The fourth-order valence-electron chi connectivity index (χ4n) is 1.21. The Bertz CT molecular complexity index is 539. The van der Waals surface area contributed by atoms with E-state index < -0.39 is 11.9 Å². The van der Waals surface area contributed by atoms with Crippen LogP contribution in [0.15, 0.2) is 30.0 Å². The zero-order valence-electron chi connectivity index (χ0n) is 10.7. The van der Waals surface area contributed by atoms with E-state index in [4.69, 9.17) is 38.4 Å². The van der Waals surface area contributed by atoms with Gasteiger partial charge in [0.25, 0.3) is 0 Å². The van der Waals surface area contributed by atoms with Crippen molar-refractivity contribution in [2.24, 2.45) is 5.73 Å². The average Bonchev–Trinajstić information content (AvgIpc) is 2.36. The van der Waals surface area contributed by atoms with Gasteiger partial charge in [-0.1, -0.05) is 23.2 Å². The van der Waals surface area contributed by atoms with Gasteiger partial charge in [-0.2, -0.15) is 0 Å². The van der Waals surface area contributed by atoms with Gasteiger partial charge in [0.1, 0.15) is 13.2 Å². The lowest BCUT2D eigenvalue weighted by Gasteiger charge is -2.06. The molecule has 0 aliphatic heterocycles. The maximum Gasteiger partial charge on any atom is 0.338 e. The van der Waals surface area contributed by atoms with E-state index in [9.17, 15) is 9.59 Å². The van der Waals surface area contributed by atoms with Crippen LogP contribution < -0.4 is 5.73 Å². The van der Waals surface area contributed by atoms with Crippen molar-refractivity contribution in [3.05, 3.63) is 45.6 Å². The molecule has 108 valence electrons. The molecular formula is C13H13Cl2NO4. The maximum absolute atomic E-state index is 11.6. The third-order valence-corrected chi connectivity index (χ3v) is 2.80. The fraction of sp³-hybridized carbons (Fsp3) is 0.231. The van der Waals surface area contributed by atoms with Crippen LogP contribution in [-0.2, 0) is 14.3 Å². The summed E-state index contributed by atoms with van der Waals surface area (Å²) in [6.45, 7) is 1.43. The van der Waals surface area contributed by atoms with Gasteiger partial charge in [0, 0.05) is 11.8 Å². The third-order valence-electron chi connectivity index (χ3n) is 2.06. The molecular weight excluding hydrogens is 305 g/mol. The molecule has 20 heavy (non-hydrogen) atoms. The van der Waals surface area contributed by atoms with Crippen molar-refractivity contribution in [2.45, 2.75) is 6.92 Å². The number of allylic oxidation sites excluding steroid dienone is 1. The Morgan fingerprint density at radius 3 is 2.45 bits per heavy atom. The zero-order valence-corrected chi connectivity index (χ0v) is 12.2. The number of hydrogen-bond acceptors (Lipinski definition) is 5. The number of halogens is 2. The van der Waals surface area contributed by atoms with Gasteiger partial charge in [0.2, 0.25) is 0 Å². The second-order valence-electron chi connectivity index (χ2n) is 3.82. The molecule has 0 saturated carbocycles. The quantitative estimate of drug-likeness (QED) is 0.513. The van der Waals surface area contributed by atoms with Gasteiger partial charge >= 0.3 is 11.9 Å². The van der Waals surface area contributed by atoms with Crippen LogP contribution in [0.2, 0.25) is 10.0 Å². The Balaban J connectivity index is 2.39. The van der Waals surface area contributed by atoms with E-state index in [1.165, 1.54) is 18.2 Å². The zero-order chi connectivity index (χ0) is 15.1. The van der Waals surface area contributed by atoms with Crippen LogP contribution in [0.4, 0.5) is 0 Å². The van der Waals surface area contributed by atoms with Gasteiger partial charge < -0.3 is 15.2 Å². The number of carbonyl (C=O) groups is 2. The predicted octanol–water partition coefficient (Wildman–Crippen LogP) is 2.56. The van der Waals surface area contributed by atoms with E-state index >= 15 is 0 Å². The summed E-state index contributed by atoms with van der Waals surface area (Å²) in [6, 6.07) is 4.39. The number of hydrogen-bond donors (Lipinski definition) is 1. The number of esters is 2. The molecule has 0 spiro atoms. The first-order valence-electron chi connectivity index (χ1n) is 5.63. The molecule has 0 saturated heterocycles. The lowest BCUT2D eigenvalue weighted by Crippen LogP contribution is -2.13. The number of carbonyl (C=O) groups excluding carboxylic acids is 2. The Morgan fingerprint density at radius 1 is 1.20 bits per heavy atom. The highest BCUT2D eigenvalue weighted by Crippen LogP contribution is 2.22. The third kappa shape index (κ3) is 5.50. The Labute approximate surface area is 126 Å². The van der Waals surface area contributed by atoms with E-state index in [1.807, 2.05) is 0 Å². The van der Waals surface area contributed by atoms with Crippen LogP contribution >= 0.6 is 23.2 Å². The van der Waals surface area contributed by atoms with Gasteiger partial charge in [-0.15, -0.1) is 0 Å². The normalized spacial score (nSPS) is 11.1. The van der Waals surface area contributed by atoms with Crippen molar-refractivity contribution in [1.29, 1.82) is 0 Å². The summed E-state index contributed by atoms with van der Waals surface area (Å²) in [7, 11) is 0. The average molecular weight is 318 g/mol. The lowest BCUT2D eigenvalue weighted by atomic mass is 10.2. The highest BCUT2D eigenvalue weighted by atomic mass is 35.5. The largest absolute Gasteiger partial charge is 0.459 e. The molecule has 0 heterocycles. The molecule has 0 aromatic heterocycles. The summed E-state index contributed by atoms with van der Waals surface area (Å²) < 4.78 is 9.67. The standard InChI is InChI=1S/C13H13Cl2NO4/c1-8(16)6-12(17)19-4-5-20-13(18)9-2-3-10(14)11(15)7-9/h2-3,6-7H,4-5,16H2,1H3/b8-6-. The van der Waals surface area contributed by atoms with Crippen LogP contribution in [-0.4, -0.2) is 25.2 Å². The number of nitrogens with two attached hydrogens (primary N) is 1. The second-order valence-corrected chi connectivity index (χ2v) is 4.64. The van der Waals surface area contributed by atoms with E-state index in [0.29, 0.717) is 10.7 Å². The van der Waals surface area contributed by atoms with Gasteiger partial charge in [0.15, 0.2) is 0 Å². The van der Waals surface area contributed by atoms with Crippen LogP contribution in [0.5, 0.6) is 0 Å². The van der Waals surface area contributed by atoms with Crippen LogP contribution in [0, 0.1) is 0 Å². The molecule has 0 bridgehead atoms. The van der Waals surface area contributed by atoms with E-state index in [1.54, 1.807) is 6.92 Å². The Kier molecular flexibility index (Phi) is 6.35. The summed E-state index contributed by atoms with van der Waals surface area (Å²) in [5.74, 6) is -1.17. The Morgan fingerprint density at radius 2 is 1.85 bits per heavy atom. The minimum Gasteiger partial charge on any atom is -0.459 e. The number of ether oxygens (including phenoxy) is 2. The number of rotatable bonds is 5. The van der Waals surface area contributed by atoms with Crippen LogP contribution in [0.25, 0.3) is 0 Å². The van der Waals surface area contributed by atoms with Crippen LogP contribution in [0.3, 0.4) is 0 Å². The SMILES string of the molecule is C/C(N)=C/C(=O)OCCOC(=O)c1ccc(Cl)c(Cl)c1. The van der Waals surface area contributed by atoms with Crippen molar-refractivity contribution < 1.29 is 19.1 Å². The Hall–Kier alpha value is -1.72. The van der Waals surface area contributed by atoms with E-state index in [-0.39, 0.29) is 23.8 Å². The first-order chi connectivity index (χ1) is 9.40. The topological polar surface area (TPSA) is 78.6 Å². The summed E-state index contributed by atoms with van der Waals surface area (Å²) in [5.41, 5.74) is 5.90.